The van der Waals surface area contributed by atoms with Crippen LogP contribution in [0.15, 0.2) is 48.7 Å². The first-order valence-corrected chi connectivity index (χ1v) is 20.8. The lowest BCUT2D eigenvalue weighted by atomic mass is 9.54. The van der Waals surface area contributed by atoms with Crippen LogP contribution in [0.2, 0.25) is 0 Å². The summed E-state index contributed by atoms with van der Waals surface area (Å²) in [6.07, 6.45) is 6.39. The average molecular weight is 820 g/mol. The van der Waals surface area contributed by atoms with E-state index in [1.165, 1.54) is 35.2 Å². The van der Waals surface area contributed by atoms with Crippen molar-refractivity contribution in [1.82, 2.24) is 34.3 Å². The second-order valence-corrected chi connectivity index (χ2v) is 18.1. The summed E-state index contributed by atoms with van der Waals surface area (Å²) in [6.45, 7) is 6.79. The predicted molar refractivity (Wildman–Crippen MR) is 220 cm³/mol. The highest BCUT2D eigenvalue weighted by Gasteiger charge is 2.60. The number of nitriles is 1. The number of aromatic nitrogens is 4. The topological polar surface area (TPSA) is 148 Å². The lowest BCUT2D eigenvalue weighted by Gasteiger charge is -2.67. The Hall–Kier alpha value is -5.57. The van der Waals surface area contributed by atoms with Crippen LogP contribution in [0.25, 0.3) is 21.9 Å². The van der Waals surface area contributed by atoms with Crippen LogP contribution in [0.4, 0.5) is 30.8 Å². The van der Waals surface area contributed by atoms with Crippen molar-refractivity contribution in [2.24, 2.45) is 17.9 Å². The normalized spacial score (nSPS) is 21.0. The van der Waals surface area contributed by atoms with Gasteiger partial charge < -0.3 is 14.4 Å². The average Bonchev–Trinajstić information content (AvgIpc) is 3.47. The first kappa shape index (κ1) is 37.7. The number of nitrogens with one attached hydrogen (secondary N) is 2. The van der Waals surface area contributed by atoms with Gasteiger partial charge in [-0.3, -0.25) is 29.6 Å². The summed E-state index contributed by atoms with van der Waals surface area (Å²) in [5, 5.41) is 17.3. The van der Waals surface area contributed by atoms with Crippen LogP contribution in [-0.2, 0) is 11.8 Å². The van der Waals surface area contributed by atoms with Gasteiger partial charge >= 0.3 is 6.03 Å². The maximum absolute atomic E-state index is 15.6. The number of amides is 3. The van der Waals surface area contributed by atoms with Gasteiger partial charge in [-0.1, -0.05) is 6.92 Å². The molecule has 2 aromatic heterocycles. The van der Waals surface area contributed by atoms with E-state index in [2.05, 4.69) is 36.0 Å². The largest absolute Gasteiger partial charge is 0.453 e. The van der Waals surface area contributed by atoms with Crippen molar-refractivity contribution >= 4 is 63.2 Å². The molecule has 59 heavy (non-hydrogen) atoms. The summed E-state index contributed by atoms with van der Waals surface area (Å²) in [6, 6.07) is 13.5. The summed E-state index contributed by atoms with van der Waals surface area (Å²) >= 11 is 1.32. The number of nitrogens with zero attached hydrogens (tertiary/aromatic N) is 9. The van der Waals surface area contributed by atoms with E-state index in [0.717, 1.165) is 69.6 Å². The third-order valence-electron chi connectivity index (χ3n) is 13.0. The van der Waals surface area contributed by atoms with E-state index in [1.54, 1.807) is 29.9 Å². The molecule has 2 saturated carbocycles. The third-order valence-corrected chi connectivity index (χ3v) is 13.9. The molecule has 3 aliphatic heterocycles. The van der Waals surface area contributed by atoms with Crippen LogP contribution in [0.1, 0.15) is 56.2 Å². The van der Waals surface area contributed by atoms with Crippen molar-refractivity contribution in [2.45, 2.75) is 51.0 Å². The fourth-order valence-corrected chi connectivity index (χ4v) is 10.4. The third kappa shape index (κ3) is 6.48. The standard InChI is InChI=1S/C42H43F2N11O3S/c1-4-51(2)59-50-31-8-6-29(43)38(28(31)18-45)58-26-5-7-32-33(11-26)47-34(19-46-32)24-14-41(15-24)20-53(21-41)25-16-42(17-25)22-54(23-42)36-13-35-27(12-30(36)44)39(49-52(35)3)55-10-9-37(56)48-40(55)57/h5-8,11-13,19,24-25,50H,4,9-10,14-17,20-23H2,1-3H3,(H,48,56,57). The maximum Gasteiger partial charge on any atom is 0.329 e. The van der Waals surface area contributed by atoms with Crippen LogP contribution in [0.5, 0.6) is 11.5 Å². The van der Waals surface area contributed by atoms with Crippen molar-refractivity contribution in [1.29, 1.82) is 5.26 Å². The molecule has 0 atom stereocenters. The second kappa shape index (κ2) is 14.0. The summed E-state index contributed by atoms with van der Waals surface area (Å²) < 4.78 is 43.3. The number of benzene rings is 3. The van der Waals surface area contributed by atoms with E-state index < -0.39 is 11.8 Å². The Morgan fingerprint density at radius 1 is 1.03 bits per heavy atom. The molecule has 0 unspecified atom stereocenters. The minimum Gasteiger partial charge on any atom is -0.453 e. The number of carbonyl (C=O) groups excluding carboxylic acids is 2. The number of likely N-dealkylation sites (tertiary alicyclic amines) is 1. The van der Waals surface area contributed by atoms with Gasteiger partial charge in [0.05, 0.1) is 33.6 Å². The zero-order chi connectivity index (χ0) is 40.8. The molecule has 10 rings (SSSR count). The molecule has 304 valence electrons. The highest BCUT2D eigenvalue weighted by Crippen LogP contribution is 2.60. The van der Waals surface area contributed by atoms with Crippen molar-refractivity contribution in [2.75, 3.05) is 60.8 Å². The number of rotatable bonds is 10. The van der Waals surface area contributed by atoms with Gasteiger partial charge in [-0.05, 0) is 74.5 Å². The minimum atomic E-state index is -0.625. The van der Waals surface area contributed by atoms with E-state index in [1.807, 2.05) is 30.5 Å². The van der Waals surface area contributed by atoms with Gasteiger partial charge in [0.1, 0.15) is 23.2 Å². The fourth-order valence-electron chi connectivity index (χ4n) is 9.80. The SMILES string of the molecule is CCN(C)SNc1ccc(F)c(Oc2ccc3ncc(C4CC5(C4)CN(C4CC6(C4)CN(c4cc7c(cc4F)c(N4CCC(=O)NC4=O)nn7C)C6)C5)nc3c2)c1C#N. The number of anilines is 3. The highest BCUT2D eigenvalue weighted by molar-refractivity contribution is 7.98. The molecule has 3 aromatic carbocycles. The highest BCUT2D eigenvalue weighted by atomic mass is 32.2. The lowest BCUT2D eigenvalue weighted by Crippen LogP contribution is -2.72. The number of hydrogen-bond donors (Lipinski definition) is 2. The number of hydrogen-bond acceptors (Lipinski definition) is 12. The zero-order valence-corrected chi connectivity index (χ0v) is 33.8. The van der Waals surface area contributed by atoms with Crippen LogP contribution >= 0.6 is 12.1 Å². The fraction of sp³-hybridized carbons (Fsp3) is 0.429. The quantitative estimate of drug-likeness (QED) is 0.145. The number of fused-ring (bicyclic) bond motifs is 2. The molecule has 2 N–H and O–H groups in total. The van der Waals surface area contributed by atoms with Crippen LogP contribution in [0.3, 0.4) is 0 Å². The summed E-state index contributed by atoms with van der Waals surface area (Å²) in [4.78, 5) is 39.9. The minimum absolute atomic E-state index is 0.0840. The monoisotopic (exact) mass is 819 g/mol. The number of ether oxygens (including phenoxy) is 1. The van der Waals surface area contributed by atoms with Crippen LogP contribution < -0.4 is 24.6 Å². The molecular weight excluding hydrogens is 777 g/mol. The van der Waals surface area contributed by atoms with Crippen molar-refractivity contribution in [3.8, 4) is 17.6 Å². The van der Waals surface area contributed by atoms with E-state index in [9.17, 15) is 14.9 Å². The second-order valence-electron chi connectivity index (χ2n) is 17.0. The molecule has 5 fully saturated rings. The van der Waals surface area contributed by atoms with Crippen LogP contribution in [-0.4, -0.2) is 93.2 Å². The lowest BCUT2D eigenvalue weighted by molar-refractivity contribution is -0.140. The van der Waals surface area contributed by atoms with Gasteiger partial charge in [-0.2, -0.15) is 10.4 Å². The van der Waals surface area contributed by atoms with Gasteiger partial charge in [0.25, 0.3) is 0 Å². The van der Waals surface area contributed by atoms with E-state index in [-0.39, 0.29) is 41.4 Å². The molecule has 0 bridgehead atoms. The number of urea groups is 1. The van der Waals surface area contributed by atoms with Crippen LogP contribution in [0, 0.1) is 33.8 Å². The number of carbonyl (C=O) groups is 2. The molecule has 3 saturated heterocycles. The Kier molecular flexibility index (Phi) is 8.96. The van der Waals surface area contributed by atoms with Gasteiger partial charge in [-0.15, -0.1) is 0 Å². The van der Waals surface area contributed by atoms with Gasteiger partial charge in [0.15, 0.2) is 17.4 Å². The molecule has 14 nitrogen and oxygen atoms in total. The summed E-state index contributed by atoms with van der Waals surface area (Å²) in [5.74, 6) is -0.380. The molecule has 5 aromatic rings. The molecule has 0 radical (unpaired) electrons. The molecule has 5 aliphatic rings. The molecule has 3 amide bonds. The number of aryl methyl sites for hydroxylation is 1. The zero-order valence-electron chi connectivity index (χ0n) is 33.0. The Bertz CT molecular complexity index is 2590. The van der Waals surface area contributed by atoms with E-state index in [0.29, 0.717) is 56.7 Å². The van der Waals surface area contributed by atoms with Crippen molar-refractivity contribution in [3.05, 3.63) is 71.6 Å². The summed E-state index contributed by atoms with van der Waals surface area (Å²) in [5.41, 5.74) is 4.68. The number of imide groups is 1. The summed E-state index contributed by atoms with van der Waals surface area (Å²) in [7, 11) is 3.69. The van der Waals surface area contributed by atoms with Crippen molar-refractivity contribution in [3.63, 3.8) is 0 Å². The Morgan fingerprint density at radius 3 is 2.56 bits per heavy atom. The van der Waals surface area contributed by atoms with Gasteiger partial charge in [0.2, 0.25) is 5.91 Å². The van der Waals surface area contributed by atoms with Crippen molar-refractivity contribution < 1.29 is 23.1 Å². The maximum atomic E-state index is 15.6. The Labute approximate surface area is 343 Å². The molecule has 2 spiro atoms. The first-order chi connectivity index (χ1) is 28.4. The van der Waals surface area contributed by atoms with Gasteiger partial charge in [-0.25, -0.2) is 22.9 Å². The molecule has 2 aliphatic carbocycles. The predicted octanol–water partition coefficient (Wildman–Crippen LogP) is 6.68. The molecule has 17 heteroatoms. The smallest absolute Gasteiger partial charge is 0.329 e. The number of halogens is 2. The molecule has 5 heterocycles. The first-order valence-electron chi connectivity index (χ1n) is 20.0. The van der Waals surface area contributed by atoms with E-state index >= 15 is 8.78 Å². The van der Waals surface area contributed by atoms with E-state index in [4.69, 9.17) is 9.72 Å². The van der Waals surface area contributed by atoms with Gasteiger partial charge in [0, 0.05) is 99.9 Å². The Balaban J connectivity index is 0.733. The molecular formula is C42H43F2N11O3S. The Morgan fingerprint density at radius 2 is 1.81 bits per heavy atom.